The Balaban J connectivity index is 1.77. The van der Waals surface area contributed by atoms with Crippen molar-refractivity contribution in [2.45, 2.75) is 31.9 Å². The van der Waals surface area contributed by atoms with Crippen LogP contribution in [-0.2, 0) is 11.3 Å². The number of aryl methyl sites for hydroxylation is 1. The minimum Gasteiger partial charge on any atom is -0.378 e. The molecule has 0 amide bonds. The molecule has 1 saturated heterocycles. The van der Waals surface area contributed by atoms with Crippen LogP contribution >= 0.6 is 11.6 Å². The molecule has 0 aliphatic carbocycles. The largest absolute Gasteiger partial charge is 0.378 e. The molecule has 1 aliphatic heterocycles. The van der Waals surface area contributed by atoms with Crippen LogP contribution in [0.15, 0.2) is 30.5 Å². The fourth-order valence-electron chi connectivity index (χ4n) is 2.51. The van der Waals surface area contributed by atoms with Crippen molar-refractivity contribution in [3.8, 4) is 0 Å². The standard InChI is InChI=1S/C14H16ClNO/c15-12-4-3-11-5-7-16(14(11)10-12)8-6-13-2-1-9-17-13/h3-5,7,10,13H,1-2,6,8-9H2. The van der Waals surface area contributed by atoms with E-state index in [1.54, 1.807) is 0 Å². The highest BCUT2D eigenvalue weighted by Crippen LogP contribution is 2.22. The summed E-state index contributed by atoms with van der Waals surface area (Å²) in [5.41, 5.74) is 1.22. The van der Waals surface area contributed by atoms with Gasteiger partial charge in [0, 0.05) is 29.9 Å². The first-order chi connectivity index (χ1) is 8.33. The first-order valence-electron chi connectivity index (χ1n) is 6.19. The van der Waals surface area contributed by atoms with Crippen LogP contribution in [0.25, 0.3) is 10.9 Å². The Morgan fingerprint density at radius 1 is 1.35 bits per heavy atom. The first kappa shape index (κ1) is 11.1. The van der Waals surface area contributed by atoms with Crippen LogP contribution < -0.4 is 0 Å². The van der Waals surface area contributed by atoms with E-state index in [1.165, 1.54) is 23.7 Å². The Labute approximate surface area is 106 Å². The summed E-state index contributed by atoms with van der Waals surface area (Å²) in [4.78, 5) is 0. The van der Waals surface area contributed by atoms with E-state index in [9.17, 15) is 0 Å². The summed E-state index contributed by atoms with van der Waals surface area (Å²) in [6.07, 6.45) is 6.10. The molecule has 0 saturated carbocycles. The lowest BCUT2D eigenvalue weighted by Crippen LogP contribution is -2.09. The van der Waals surface area contributed by atoms with Gasteiger partial charge in [-0.05, 0) is 42.8 Å². The zero-order valence-corrected chi connectivity index (χ0v) is 10.5. The van der Waals surface area contributed by atoms with Gasteiger partial charge in [-0.15, -0.1) is 0 Å². The highest BCUT2D eigenvalue weighted by atomic mass is 35.5. The molecule has 1 atom stereocenters. The molecule has 2 heterocycles. The van der Waals surface area contributed by atoms with E-state index < -0.39 is 0 Å². The molecule has 1 unspecified atom stereocenters. The molecule has 17 heavy (non-hydrogen) atoms. The van der Waals surface area contributed by atoms with Gasteiger partial charge in [-0.25, -0.2) is 0 Å². The zero-order chi connectivity index (χ0) is 11.7. The number of ether oxygens (including phenoxy) is 1. The molecular weight excluding hydrogens is 234 g/mol. The predicted octanol–water partition coefficient (Wildman–Crippen LogP) is 3.86. The van der Waals surface area contributed by atoms with E-state index in [-0.39, 0.29) is 0 Å². The highest BCUT2D eigenvalue weighted by Gasteiger charge is 2.15. The predicted molar refractivity (Wildman–Crippen MR) is 70.5 cm³/mol. The first-order valence-corrected chi connectivity index (χ1v) is 6.57. The average Bonchev–Trinajstić information content (AvgIpc) is 2.94. The molecule has 1 aromatic heterocycles. The van der Waals surface area contributed by atoms with Gasteiger partial charge in [0.2, 0.25) is 0 Å². The molecule has 2 aromatic rings. The maximum Gasteiger partial charge on any atom is 0.0593 e. The minimum atomic E-state index is 0.451. The molecular formula is C14H16ClNO. The normalized spacial score (nSPS) is 20.2. The summed E-state index contributed by atoms with van der Waals surface area (Å²) in [7, 11) is 0. The van der Waals surface area contributed by atoms with E-state index in [2.05, 4.69) is 22.9 Å². The van der Waals surface area contributed by atoms with Crippen LogP contribution in [0, 0.1) is 0 Å². The molecule has 3 heteroatoms. The van der Waals surface area contributed by atoms with Crippen LogP contribution in [0.4, 0.5) is 0 Å². The van der Waals surface area contributed by atoms with Gasteiger partial charge in [0.05, 0.1) is 6.10 Å². The lowest BCUT2D eigenvalue weighted by molar-refractivity contribution is 0.101. The van der Waals surface area contributed by atoms with Crippen LogP contribution in [-0.4, -0.2) is 17.3 Å². The lowest BCUT2D eigenvalue weighted by atomic mass is 10.2. The minimum absolute atomic E-state index is 0.451. The summed E-state index contributed by atoms with van der Waals surface area (Å²) < 4.78 is 7.91. The highest BCUT2D eigenvalue weighted by molar-refractivity contribution is 6.31. The molecule has 0 radical (unpaired) electrons. The fourth-order valence-corrected chi connectivity index (χ4v) is 2.67. The Morgan fingerprint density at radius 3 is 3.12 bits per heavy atom. The topological polar surface area (TPSA) is 14.2 Å². The lowest BCUT2D eigenvalue weighted by Gasteiger charge is -2.10. The van der Waals surface area contributed by atoms with Crippen LogP contribution in [0.1, 0.15) is 19.3 Å². The summed E-state index contributed by atoms with van der Waals surface area (Å²) in [5.74, 6) is 0. The zero-order valence-electron chi connectivity index (χ0n) is 9.73. The number of rotatable bonds is 3. The third-order valence-corrected chi connectivity index (χ3v) is 3.69. The van der Waals surface area contributed by atoms with Crippen molar-refractivity contribution in [1.82, 2.24) is 4.57 Å². The van der Waals surface area contributed by atoms with Crippen molar-refractivity contribution < 1.29 is 4.74 Å². The van der Waals surface area contributed by atoms with Gasteiger partial charge in [0.15, 0.2) is 0 Å². The summed E-state index contributed by atoms with van der Waals surface area (Å²) in [5, 5.41) is 2.05. The van der Waals surface area contributed by atoms with Crippen LogP contribution in [0.5, 0.6) is 0 Å². The third-order valence-electron chi connectivity index (χ3n) is 3.45. The smallest absolute Gasteiger partial charge is 0.0593 e. The van der Waals surface area contributed by atoms with Gasteiger partial charge in [-0.3, -0.25) is 0 Å². The molecule has 2 nitrogen and oxygen atoms in total. The molecule has 0 bridgehead atoms. The fraction of sp³-hybridized carbons (Fsp3) is 0.429. The molecule has 0 spiro atoms. The van der Waals surface area contributed by atoms with Crippen LogP contribution in [0.2, 0.25) is 5.02 Å². The molecule has 1 aliphatic rings. The Kier molecular flexibility index (Phi) is 3.08. The van der Waals surface area contributed by atoms with Gasteiger partial charge in [0.1, 0.15) is 0 Å². The molecule has 90 valence electrons. The number of aromatic nitrogens is 1. The van der Waals surface area contributed by atoms with E-state index in [1.807, 2.05) is 12.1 Å². The van der Waals surface area contributed by atoms with Gasteiger partial charge >= 0.3 is 0 Å². The number of fused-ring (bicyclic) bond motifs is 1. The van der Waals surface area contributed by atoms with Gasteiger partial charge < -0.3 is 9.30 Å². The van der Waals surface area contributed by atoms with Gasteiger partial charge in [-0.2, -0.15) is 0 Å². The van der Waals surface area contributed by atoms with E-state index >= 15 is 0 Å². The molecule has 1 aromatic carbocycles. The van der Waals surface area contributed by atoms with Crippen LogP contribution in [0.3, 0.4) is 0 Å². The molecule has 1 fully saturated rings. The van der Waals surface area contributed by atoms with Crippen molar-refractivity contribution in [2.24, 2.45) is 0 Å². The Bertz CT molecular complexity index is 514. The third kappa shape index (κ3) is 2.33. The van der Waals surface area contributed by atoms with E-state index in [4.69, 9.17) is 16.3 Å². The average molecular weight is 250 g/mol. The monoisotopic (exact) mass is 249 g/mol. The summed E-state index contributed by atoms with van der Waals surface area (Å²) in [6.45, 7) is 1.94. The summed E-state index contributed by atoms with van der Waals surface area (Å²) in [6, 6.07) is 8.18. The number of nitrogens with zero attached hydrogens (tertiary/aromatic N) is 1. The second-order valence-corrected chi connectivity index (χ2v) is 5.07. The molecule has 0 N–H and O–H groups in total. The van der Waals surface area contributed by atoms with Crippen molar-refractivity contribution >= 4 is 22.5 Å². The second kappa shape index (κ2) is 4.71. The van der Waals surface area contributed by atoms with Gasteiger partial charge in [-0.1, -0.05) is 17.7 Å². The van der Waals surface area contributed by atoms with Crippen molar-refractivity contribution in [3.05, 3.63) is 35.5 Å². The number of hydrogen-bond acceptors (Lipinski definition) is 1. The van der Waals surface area contributed by atoms with Crippen molar-refractivity contribution in [2.75, 3.05) is 6.61 Å². The second-order valence-electron chi connectivity index (χ2n) is 4.64. The van der Waals surface area contributed by atoms with E-state index in [0.29, 0.717) is 6.10 Å². The Morgan fingerprint density at radius 2 is 2.29 bits per heavy atom. The number of halogens is 1. The quantitative estimate of drug-likeness (QED) is 0.806. The Hall–Kier alpha value is -0.990. The van der Waals surface area contributed by atoms with Crippen molar-refractivity contribution in [1.29, 1.82) is 0 Å². The SMILES string of the molecule is Clc1ccc2ccn(CCC3CCCO3)c2c1. The summed E-state index contributed by atoms with van der Waals surface area (Å²) >= 11 is 6.04. The number of benzene rings is 1. The maximum atomic E-state index is 6.04. The van der Waals surface area contributed by atoms with Crippen molar-refractivity contribution in [3.63, 3.8) is 0 Å². The maximum absolute atomic E-state index is 6.04. The molecule has 3 rings (SSSR count). The van der Waals surface area contributed by atoms with Gasteiger partial charge in [0.25, 0.3) is 0 Å². The van der Waals surface area contributed by atoms with E-state index in [0.717, 1.165) is 24.6 Å². The number of hydrogen-bond donors (Lipinski definition) is 0.